The molecule has 0 aromatic carbocycles. The lowest BCUT2D eigenvalue weighted by molar-refractivity contribution is 0.0341. The van der Waals surface area contributed by atoms with Gasteiger partial charge >= 0.3 is 0 Å². The van der Waals surface area contributed by atoms with Crippen molar-refractivity contribution in [2.24, 2.45) is 4.99 Å². The van der Waals surface area contributed by atoms with Gasteiger partial charge in [0, 0.05) is 19.6 Å². The quantitative estimate of drug-likeness (QED) is 0.780. The summed E-state index contributed by atoms with van der Waals surface area (Å²) in [6.45, 7) is 5.05. The molecule has 0 bridgehead atoms. The number of aromatic nitrogens is 1. The number of aliphatic imine (C=N–C) groups is 1. The number of hydrogen-bond donors (Lipinski definition) is 0. The molecule has 0 radical (unpaired) electrons. The van der Waals surface area contributed by atoms with E-state index in [1.54, 1.807) is 0 Å². The number of carbonyl (C=O) groups excluding carboxylic acids is 2. The molecule has 0 saturated carbocycles. The van der Waals surface area contributed by atoms with Gasteiger partial charge in [-0.2, -0.15) is 0 Å². The lowest BCUT2D eigenvalue weighted by Crippen LogP contribution is -2.35. The molecule has 1 aromatic heterocycles. The fourth-order valence-corrected chi connectivity index (χ4v) is 3.73. The third-order valence-corrected chi connectivity index (χ3v) is 5.12. The van der Waals surface area contributed by atoms with Gasteiger partial charge in [0.1, 0.15) is 15.6 Å². The zero-order valence-corrected chi connectivity index (χ0v) is 14.9. The molecular formula is C16H22N4O3S. The van der Waals surface area contributed by atoms with E-state index in [0.29, 0.717) is 42.6 Å². The van der Waals surface area contributed by atoms with Crippen molar-refractivity contribution in [3.8, 4) is 0 Å². The number of ketones is 2. The van der Waals surface area contributed by atoms with E-state index in [1.807, 2.05) is 19.0 Å². The van der Waals surface area contributed by atoms with Crippen LogP contribution in [-0.4, -0.2) is 85.6 Å². The monoisotopic (exact) mass is 350 g/mol. The van der Waals surface area contributed by atoms with E-state index in [-0.39, 0.29) is 18.0 Å². The normalized spacial score (nSPS) is 20.9. The third-order valence-electron chi connectivity index (χ3n) is 4.04. The lowest BCUT2D eigenvalue weighted by Gasteiger charge is -2.25. The molecule has 2 heterocycles. The molecule has 0 N–H and O–H groups in total. The summed E-state index contributed by atoms with van der Waals surface area (Å²) >= 11 is 1.34. The van der Waals surface area contributed by atoms with Gasteiger partial charge in [-0.25, -0.2) is 4.98 Å². The molecule has 0 amide bonds. The van der Waals surface area contributed by atoms with Crippen molar-refractivity contribution in [2.45, 2.75) is 13.0 Å². The molecule has 1 fully saturated rings. The number of carbonyl (C=O) groups is 2. The average molecular weight is 350 g/mol. The SMILES string of the molecule is CN(C)CCN=C1CC(=O)c2sc(CN3CCOCC3)nc2C1=O. The van der Waals surface area contributed by atoms with Crippen molar-refractivity contribution < 1.29 is 14.3 Å². The maximum atomic E-state index is 12.6. The standard InChI is InChI=1S/C16H22N4O3S/c1-19(2)4-3-17-11-9-12(21)16-14(15(11)22)18-13(24-16)10-20-5-7-23-8-6-20/h3-10H2,1-2H3. The first-order valence-electron chi connectivity index (χ1n) is 8.10. The van der Waals surface area contributed by atoms with Gasteiger partial charge in [0.05, 0.1) is 38.4 Å². The van der Waals surface area contributed by atoms with E-state index in [4.69, 9.17) is 4.74 Å². The van der Waals surface area contributed by atoms with Crippen molar-refractivity contribution >= 4 is 28.6 Å². The van der Waals surface area contributed by atoms with Crippen LogP contribution < -0.4 is 0 Å². The van der Waals surface area contributed by atoms with Gasteiger partial charge in [-0.15, -0.1) is 11.3 Å². The highest BCUT2D eigenvalue weighted by atomic mass is 32.1. The largest absolute Gasteiger partial charge is 0.379 e. The molecule has 24 heavy (non-hydrogen) atoms. The second kappa shape index (κ2) is 7.60. The molecule has 1 aliphatic heterocycles. The van der Waals surface area contributed by atoms with E-state index in [9.17, 15) is 9.59 Å². The highest BCUT2D eigenvalue weighted by molar-refractivity contribution is 7.14. The van der Waals surface area contributed by atoms with E-state index in [2.05, 4.69) is 14.9 Å². The van der Waals surface area contributed by atoms with Gasteiger partial charge in [-0.3, -0.25) is 19.5 Å². The summed E-state index contributed by atoms with van der Waals surface area (Å²) in [7, 11) is 3.90. The first kappa shape index (κ1) is 17.3. The van der Waals surface area contributed by atoms with Crippen molar-refractivity contribution in [2.75, 3.05) is 53.5 Å². The number of rotatable bonds is 5. The Labute approximate surface area is 145 Å². The Kier molecular flexibility index (Phi) is 5.50. The average Bonchev–Trinajstić information content (AvgIpc) is 2.97. The first-order valence-corrected chi connectivity index (χ1v) is 8.92. The van der Waals surface area contributed by atoms with E-state index in [0.717, 1.165) is 24.6 Å². The second-order valence-corrected chi connectivity index (χ2v) is 7.32. The second-order valence-electron chi connectivity index (χ2n) is 6.23. The summed E-state index contributed by atoms with van der Waals surface area (Å²) in [4.78, 5) is 38.4. The summed E-state index contributed by atoms with van der Waals surface area (Å²) < 4.78 is 5.34. The Hall–Kier alpha value is -1.48. The highest BCUT2D eigenvalue weighted by Gasteiger charge is 2.33. The third kappa shape index (κ3) is 3.94. The number of fused-ring (bicyclic) bond motifs is 1. The van der Waals surface area contributed by atoms with Crippen LogP contribution in [0.3, 0.4) is 0 Å². The Bertz CT molecular complexity index is 662. The van der Waals surface area contributed by atoms with Gasteiger partial charge in [0.15, 0.2) is 5.78 Å². The summed E-state index contributed by atoms with van der Waals surface area (Å²) in [5.74, 6) is -0.230. The number of nitrogens with zero attached hydrogens (tertiary/aromatic N) is 4. The molecule has 1 saturated heterocycles. The number of thiazole rings is 1. The van der Waals surface area contributed by atoms with Crippen molar-refractivity contribution in [1.82, 2.24) is 14.8 Å². The molecule has 3 rings (SSSR count). The Morgan fingerprint density at radius 3 is 2.75 bits per heavy atom. The van der Waals surface area contributed by atoms with Crippen LogP contribution in [0.15, 0.2) is 4.99 Å². The zero-order valence-electron chi connectivity index (χ0n) is 14.1. The summed E-state index contributed by atoms with van der Waals surface area (Å²) in [5.41, 5.74) is 0.640. The van der Waals surface area contributed by atoms with Crippen LogP contribution in [0, 0.1) is 0 Å². The minimum absolute atomic E-state index is 0.0427. The number of Topliss-reactive ketones (excluding diaryl/α,β-unsaturated/α-hetero) is 2. The van der Waals surface area contributed by atoms with Gasteiger partial charge in [0.25, 0.3) is 0 Å². The number of morpholine rings is 1. The molecule has 0 spiro atoms. The maximum absolute atomic E-state index is 12.6. The van der Waals surface area contributed by atoms with Gasteiger partial charge in [-0.05, 0) is 14.1 Å². The van der Waals surface area contributed by atoms with Crippen LogP contribution >= 0.6 is 11.3 Å². The maximum Gasteiger partial charge on any atom is 0.227 e. The Morgan fingerprint density at radius 1 is 1.29 bits per heavy atom. The molecule has 7 nitrogen and oxygen atoms in total. The number of hydrogen-bond acceptors (Lipinski definition) is 8. The fraction of sp³-hybridized carbons (Fsp3) is 0.625. The fourth-order valence-electron chi connectivity index (χ4n) is 2.69. The minimum Gasteiger partial charge on any atom is -0.379 e. The van der Waals surface area contributed by atoms with Gasteiger partial charge in [-0.1, -0.05) is 0 Å². The van der Waals surface area contributed by atoms with Gasteiger partial charge < -0.3 is 9.64 Å². The van der Waals surface area contributed by atoms with Crippen LogP contribution in [0.25, 0.3) is 0 Å². The molecule has 1 aromatic rings. The molecular weight excluding hydrogens is 328 g/mol. The highest BCUT2D eigenvalue weighted by Crippen LogP contribution is 2.27. The molecule has 1 aliphatic carbocycles. The predicted octanol–water partition coefficient (Wildman–Crippen LogP) is 0.747. The van der Waals surface area contributed by atoms with Crippen LogP contribution in [0.4, 0.5) is 0 Å². The van der Waals surface area contributed by atoms with E-state index >= 15 is 0 Å². The van der Waals surface area contributed by atoms with Crippen molar-refractivity contribution in [3.63, 3.8) is 0 Å². The predicted molar refractivity (Wildman–Crippen MR) is 92.3 cm³/mol. The minimum atomic E-state index is -0.187. The van der Waals surface area contributed by atoms with Gasteiger partial charge in [0.2, 0.25) is 5.78 Å². The Balaban J connectivity index is 1.74. The van der Waals surface area contributed by atoms with Crippen LogP contribution in [-0.2, 0) is 11.3 Å². The Morgan fingerprint density at radius 2 is 2.04 bits per heavy atom. The molecule has 130 valence electrons. The molecule has 8 heteroatoms. The smallest absolute Gasteiger partial charge is 0.227 e. The number of likely N-dealkylation sites (N-methyl/N-ethyl adjacent to an activating group) is 1. The van der Waals surface area contributed by atoms with E-state index < -0.39 is 0 Å². The van der Waals surface area contributed by atoms with E-state index in [1.165, 1.54) is 11.3 Å². The van der Waals surface area contributed by atoms with Crippen LogP contribution in [0.5, 0.6) is 0 Å². The first-order chi connectivity index (χ1) is 11.5. The zero-order chi connectivity index (χ0) is 17.1. The van der Waals surface area contributed by atoms with Crippen molar-refractivity contribution in [3.05, 3.63) is 15.6 Å². The lowest BCUT2D eigenvalue weighted by atomic mass is 9.98. The molecule has 0 unspecified atom stereocenters. The summed E-state index contributed by atoms with van der Waals surface area (Å²) in [6, 6.07) is 0. The van der Waals surface area contributed by atoms with Crippen LogP contribution in [0.1, 0.15) is 31.6 Å². The molecule has 2 aliphatic rings. The summed E-state index contributed by atoms with van der Waals surface area (Å²) in [5, 5.41) is 0.818. The topological polar surface area (TPSA) is 75.1 Å². The van der Waals surface area contributed by atoms with Crippen LogP contribution in [0.2, 0.25) is 0 Å². The summed E-state index contributed by atoms with van der Waals surface area (Å²) in [6.07, 6.45) is 0.0957. The molecule has 0 atom stereocenters. The van der Waals surface area contributed by atoms with Crippen molar-refractivity contribution in [1.29, 1.82) is 0 Å². The number of ether oxygens (including phenoxy) is 1.